The highest BCUT2D eigenvalue weighted by atomic mass is 32.1. The van der Waals surface area contributed by atoms with Gasteiger partial charge in [0.15, 0.2) is 0 Å². The van der Waals surface area contributed by atoms with Gasteiger partial charge in [-0.05, 0) is 30.0 Å². The van der Waals surface area contributed by atoms with Crippen molar-refractivity contribution in [3.63, 3.8) is 0 Å². The predicted octanol–water partition coefficient (Wildman–Crippen LogP) is 4.26. The molecule has 1 atom stereocenters. The minimum absolute atomic E-state index is 0.0256. The Morgan fingerprint density at radius 2 is 1.83 bits per heavy atom. The summed E-state index contributed by atoms with van der Waals surface area (Å²) in [4.78, 5) is 1.22. The van der Waals surface area contributed by atoms with Crippen molar-refractivity contribution in [3.05, 3.63) is 70.6 Å². The quantitative estimate of drug-likeness (QED) is 0.725. The standard InChI is InChI=1S/C16H15NS/c1-11-5-4-7-13(9-11)16(17)15-10-12-6-2-3-8-14(12)18-15/h2-10,16H,17H2,1H3. The number of nitrogens with two attached hydrogens (primary N) is 1. The zero-order valence-corrected chi connectivity index (χ0v) is 11.1. The summed E-state index contributed by atoms with van der Waals surface area (Å²) in [5.41, 5.74) is 8.80. The molecule has 1 heterocycles. The summed E-state index contributed by atoms with van der Waals surface area (Å²) in [6, 6.07) is 19.0. The maximum atomic E-state index is 6.36. The fourth-order valence-electron chi connectivity index (χ4n) is 2.18. The summed E-state index contributed by atoms with van der Waals surface area (Å²) in [6.45, 7) is 2.10. The first-order chi connectivity index (χ1) is 8.74. The second kappa shape index (κ2) is 4.56. The van der Waals surface area contributed by atoms with Crippen LogP contribution in [0.2, 0.25) is 0 Å². The van der Waals surface area contributed by atoms with E-state index in [-0.39, 0.29) is 6.04 Å². The zero-order chi connectivity index (χ0) is 12.5. The molecule has 0 aliphatic rings. The van der Waals surface area contributed by atoms with E-state index in [1.165, 1.54) is 26.1 Å². The molecule has 3 aromatic rings. The maximum Gasteiger partial charge on any atom is 0.0646 e. The molecule has 0 bridgehead atoms. The van der Waals surface area contributed by atoms with Crippen LogP contribution in [0.15, 0.2) is 54.6 Å². The van der Waals surface area contributed by atoms with E-state index in [0.717, 1.165) is 0 Å². The summed E-state index contributed by atoms with van der Waals surface area (Å²) in [7, 11) is 0. The Morgan fingerprint density at radius 1 is 1.00 bits per heavy atom. The van der Waals surface area contributed by atoms with Crippen molar-refractivity contribution < 1.29 is 0 Å². The van der Waals surface area contributed by atoms with Crippen molar-refractivity contribution in [2.45, 2.75) is 13.0 Å². The van der Waals surface area contributed by atoms with Gasteiger partial charge in [-0.25, -0.2) is 0 Å². The molecule has 0 spiro atoms. The van der Waals surface area contributed by atoms with Crippen molar-refractivity contribution in [1.29, 1.82) is 0 Å². The molecule has 0 saturated heterocycles. The largest absolute Gasteiger partial charge is 0.320 e. The number of benzene rings is 2. The Bertz CT molecular complexity index is 651. The molecule has 3 rings (SSSR count). The fraction of sp³-hybridized carbons (Fsp3) is 0.125. The summed E-state index contributed by atoms with van der Waals surface area (Å²) >= 11 is 1.78. The smallest absolute Gasteiger partial charge is 0.0646 e. The zero-order valence-electron chi connectivity index (χ0n) is 10.3. The lowest BCUT2D eigenvalue weighted by Gasteiger charge is -2.10. The number of aryl methyl sites for hydroxylation is 1. The van der Waals surface area contributed by atoms with E-state index in [1.54, 1.807) is 11.3 Å². The number of hydrogen-bond acceptors (Lipinski definition) is 2. The molecule has 0 fully saturated rings. The first-order valence-electron chi connectivity index (χ1n) is 6.04. The van der Waals surface area contributed by atoms with Crippen molar-refractivity contribution in [2.75, 3.05) is 0 Å². The van der Waals surface area contributed by atoms with Gasteiger partial charge in [0, 0.05) is 9.58 Å². The van der Waals surface area contributed by atoms with E-state index >= 15 is 0 Å². The molecule has 1 nitrogen and oxygen atoms in total. The summed E-state index contributed by atoms with van der Waals surface area (Å²) in [6.07, 6.45) is 0. The van der Waals surface area contributed by atoms with Gasteiger partial charge in [-0.3, -0.25) is 0 Å². The van der Waals surface area contributed by atoms with Crippen LogP contribution in [0.1, 0.15) is 22.0 Å². The lowest BCUT2D eigenvalue weighted by atomic mass is 10.0. The van der Waals surface area contributed by atoms with E-state index in [2.05, 4.69) is 61.5 Å². The Kier molecular flexibility index (Phi) is 2.90. The van der Waals surface area contributed by atoms with E-state index < -0.39 is 0 Å². The molecule has 2 aromatic carbocycles. The number of rotatable bonds is 2. The second-order valence-corrected chi connectivity index (χ2v) is 5.69. The molecule has 18 heavy (non-hydrogen) atoms. The lowest BCUT2D eigenvalue weighted by molar-refractivity contribution is 0.892. The van der Waals surface area contributed by atoms with Gasteiger partial charge in [0.1, 0.15) is 0 Å². The van der Waals surface area contributed by atoms with Crippen molar-refractivity contribution in [2.24, 2.45) is 5.73 Å². The van der Waals surface area contributed by atoms with Gasteiger partial charge in [-0.15, -0.1) is 11.3 Å². The average Bonchev–Trinajstić information content (AvgIpc) is 2.81. The molecule has 90 valence electrons. The molecule has 1 aromatic heterocycles. The Labute approximate surface area is 111 Å². The Morgan fingerprint density at radius 3 is 2.61 bits per heavy atom. The van der Waals surface area contributed by atoms with Gasteiger partial charge in [0.2, 0.25) is 0 Å². The molecule has 0 aliphatic heterocycles. The maximum absolute atomic E-state index is 6.36. The van der Waals surface area contributed by atoms with E-state index in [9.17, 15) is 0 Å². The van der Waals surface area contributed by atoms with Gasteiger partial charge in [0.05, 0.1) is 6.04 Å². The van der Waals surface area contributed by atoms with Gasteiger partial charge in [0.25, 0.3) is 0 Å². The third kappa shape index (κ3) is 2.05. The third-order valence-corrected chi connectivity index (χ3v) is 4.35. The van der Waals surface area contributed by atoms with Crippen LogP contribution in [0.4, 0.5) is 0 Å². The van der Waals surface area contributed by atoms with Gasteiger partial charge in [-0.2, -0.15) is 0 Å². The first kappa shape index (κ1) is 11.5. The highest BCUT2D eigenvalue weighted by Gasteiger charge is 2.12. The van der Waals surface area contributed by atoms with Crippen LogP contribution in [0, 0.1) is 6.92 Å². The summed E-state index contributed by atoms with van der Waals surface area (Å²) in [5.74, 6) is 0. The second-order valence-electron chi connectivity index (χ2n) is 4.58. The molecule has 2 heteroatoms. The van der Waals surface area contributed by atoms with Crippen molar-refractivity contribution in [3.8, 4) is 0 Å². The molecular formula is C16H15NS. The average molecular weight is 253 g/mol. The van der Waals surface area contributed by atoms with Crippen molar-refractivity contribution in [1.82, 2.24) is 0 Å². The summed E-state index contributed by atoms with van der Waals surface area (Å²) in [5, 5.41) is 1.28. The Balaban J connectivity index is 2.03. The fourth-order valence-corrected chi connectivity index (χ4v) is 3.28. The van der Waals surface area contributed by atoms with Crippen LogP contribution < -0.4 is 5.73 Å². The molecular weight excluding hydrogens is 238 g/mol. The van der Waals surface area contributed by atoms with E-state index in [4.69, 9.17) is 5.73 Å². The number of fused-ring (bicyclic) bond motifs is 1. The van der Waals surface area contributed by atoms with Crippen LogP contribution >= 0.6 is 11.3 Å². The van der Waals surface area contributed by atoms with Crippen LogP contribution in [0.25, 0.3) is 10.1 Å². The molecule has 0 amide bonds. The number of hydrogen-bond donors (Lipinski definition) is 1. The van der Waals surface area contributed by atoms with E-state index in [1.807, 2.05) is 0 Å². The Hall–Kier alpha value is -1.64. The third-order valence-electron chi connectivity index (χ3n) is 3.15. The van der Waals surface area contributed by atoms with Crippen LogP contribution in [0.5, 0.6) is 0 Å². The topological polar surface area (TPSA) is 26.0 Å². The molecule has 0 saturated carbocycles. The predicted molar refractivity (Wildman–Crippen MR) is 79.0 cm³/mol. The van der Waals surface area contributed by atoms with Crippen molar-refractivity contribution >= 4 is 21.4 Å². The van der Waals surface area contributed by atoms with Gasteiger partial charge >= 0.3 is 0 Å². The number of thiophene rings is 1. The highest BCUT2D eigenvalue weighted by Crippen LogP contribution is 2.31. The van der Waals surface area contributed by atoms with Crippen LogP contribution in [-0.2, 0) is 0 Å². The summed E-state index contributed by atoms with van der Waals surface area (Å²) < 4.78 is 1.30. The molecule has 1 unspecified atom stereocenters. The minimum atomic E-state index is -0.0256. The SMILES string of the molecule is Cc1cccc(C(N)c2cc3ccccc3s2)c1. The van der Waals surface area contributed by atoms with Gasteiger partial charge in [-0.1, -0.05) is 48.0 Å². The first-order valence-corrected chi connectivity index (χ1v) is 6.86. The molecule has 2 N–H and O–H groups in total. The normalized spacial score (nSPS) is 12.8. The van der Waals surface area contributed by atoms with Crippen LogP contribution in [-0.4, -0.2) is 0 Å². The van der Waals surface area contributed by atoms with E-state index in [0.29, 0.717) is 0 Å². The lowest BCUT2D eigenvalue weighted by Crippen LogP contribution is -2.10. The molecule has 0 aliphatic carbocycles. The monoisotopic (exact) mass is 253 g/mol. The molecule has 0 radical (unpaired) electrons. The minimum Gasteiger partial charge on any atom is -0.320 e. The highest BCUT2D eigenvalue weighted by molar-refractivity contribution is 7.19. The van der Waals surface area contributed by atoms with Gasteiger partial charge < -0.3 is 5.73 Å². The van der Waals surface area contributed by atoms with Crippen LogP contribution in [0.3, 0.4) is 0 Å².